The molecule has 26 heavy (non-hydrogen) atoms. The van der Waals surface area contributed by atoms with Crippen LogP contribution in [0.25, 0.3) is 0 Å². The summed E-state index contributed by atoms with van der Waals surface area (Å²) in [6.07, 6.45) is 0.465. The number of carbonyl (C=O) groups is 1. The topological polar surface area (TPSA) is 54.0 Å². The summed E-state index contributed by atoms with van der Waals surface area (Å²) in [6, 6.07) is 0. The molecule has 0 unspecified atom stereocenters. The van der Waals surface area contributed by atoms with Gasteiger partial charge in [-0.2, -0.15) is 0 Å². The van der Waals surface area contributed by atoms with Gasteiger partial charge in [-0.25, -0.2) is 0 Å². The number of amides is 1. The van der Waals surface area contributed by atoms with Gasteiger partial charge in [-0.15, -0.1) is 0 Å². The van der Waals surface area contributed by atoms with Crippen molar-refractivity contribution in [1.82, 2.24) is 15.0 Å². The lowest BCUT2D eigenvalue weighted by Gasteiger charge is -2.35. The van der Waals surface area contributed by atoms with E-state index in [1.807, 2.05) is 28.0 Å². The minimum Gasteiger partial charge on any atom is -0.378 e. The Hall–Kier alpha value is -0.560. The van der Waals surface area contributed by atoms with Gasteiger partial charge < -0.3 is 19.6 Å². The van der Waals surface area contributed by atoms with Crippen molar-refractivity contribution >= 4 is 20.6 Å². The molecule has 1 saturated heterocycles. The molecule has 2 radical (unpaired) electrons. The zero-order chi connectivity index (χ0) is 19.6. The Morgan fingerprint density at radius 2 is 1.65 bits per heavy atom. The van der Waals surface area contributed by atoms with E-state index in [1.54, 1.807) is 0 Å². The van der Waals surface area contributed by atoms with Crippen LogP contribution in [-0.2, 0) is 14.3 Å². The Labute approximate surface area is 162 Å². The normalized spacial score (nSPS) is 15.3. The van der Waals surface area contributed by atoms with Crippen molar-refractivity contribution < 1.29 is 14.3 Å². The fraction of sp³-hybridized carbons (Fsp3) is 0.944. The van der Waals surface area contributed by atoms with Crippen LogP contribution >= 0.6 is 0 Å². The van der Waals surface area contributed by atoms with Crippen LogP contribution in [-0.4, -0.2) is 96.0 Å². The molecule has 1 aliphatic heterocycles. The molecule has 1 fully saturated rings. The number of hydrogen-bond acceptors (Lipinski definition) is 5. The van der Waals surface area contributed by atoms with E-state index in [0.29, 0.717) is 38.5 Å². The standard InChI is InChI=1S/C16H33B2N3O3.C2H6/c1-15(2)18-21-7-5-20(6-8-21)9-11-24-13-12-23-10-4-19-16(22)14-17-3;1-2/h15H,4-14H2,1-3H3,(H,19,22);1-2H3. The first kappa shape index (κ1) is 25.4. The fourth-order valence-corrected chi connectivity index (χ4v) is 2.59. The summed E-state index contributed by atoms with van der Waals surface area (Å²) in [6.45, 7) is 18.8. The van der Waals surface area contributed by atoms with E-state index in [1.165, 1.54) is 0 Å². The molecule has 1 rings (SSSR count). The van der Waals surface area contributed by atoms with Gasteiger partial charge in [0.2, 0.25) is 13.3 Å². The summed E-state index contributed by atoms with van der Waals surface area (Å²) in [5, 5.41) is 2.79. The first-order valence-electron chi connectivity index (χ1n) is 10.1. The summed E-state index contributed by atoms with van der Waals surface area (Å²) < 4.78 is 11.0. The largest absolute Gasteiger partial charge is 0.378 e. The molecule has 0 aromatic rings. The molecule has 0 aromatic carbocycles. The number of carbonyl (C=O) groups excluding carboxylic acids is 1. The molecule has 1 N–H and O–H groups in total. The first-order chi connectivity index (χ1) is 12.6. The van der Waals surface area contributed by atoms with Crippen LogP contribution in [0.4, 0.5) is 0 Å². The van der Waals surface area contributed by atoms with Crippen molar-refractivity contribution in [3.63, 3.8) is 0 Å². The highest BCUT2D eigenvalue weighted by atomic mass is 16.5. The third kappa shape index (κ3) is 14.6. The minimum absolute atomic E-state index is 0.0449. The van der Waals surface area contributed by atoms with Crippen LogP contribution in [0.3, 0.4) is 0 Å². The Morgan fingerprint density at radius 1 is 1.04 bits per heavy atom. The monoisotopic (exact) mass is 367 g/mol. The van der Waals surface area contributed by atoms with Gasteiger partial charge in [0.05, 0.1) is 26.4 Å². The van der Waals surface area contributed by atoms with Gasteiger partial charge in [-0.1, -0.05) is 40.3 Å². The van der Waals surface area contributed by atoms with E-state index >= 15 is 0 Å². The highest BCUT2D eigenvalue weighted by molar-refractivity contribution is 6.39. The predicted molar refractivity (Wildman–Crippen MR) is 111 cm³/mol. The Morgan fingerprint density at radius 3 is 2.23 bits per heavy atom. The molecule has 6 nitrogen and oxygen atoms in total. The average molecular weight is 367 g/mol. The van der Waals surface area contributed by atoms with E-state index in [9.17, 15) is 4.79 Å². The lowest BCUT2D eigenvalue weighted by molar-refractivity contribution is -0.119. The zero-order valence-electron chi connectivity index (χ0n) is 17.6. The van der Waals surface area contributed by atoms with Crippen LogP contribution in [0.2, 0.25) is 19.0 Å². The van der Waals surface area contributed by atoms with Crippen LogP contribution < -0.4 is 5.32 Å². The number of rotatable bonds is 13. The van der Waals surface area contributed by atoms with Crippen molar-refractivity contribution in [2.45, 2.75) is 46.7 Å². The highest BCUT2D eigenvalue weighted by Gasteiger charge is 2.17. The van der Waals surface area contributed by atoms with Gasteiger partial charge in [0.25, 0.3) is 0 Å². The van der Waals surface area contributed by atoms with Crippen molar-refractivity contribution in [3.8, 4) is 0 Å². The van der Waals surface area contributed by atoms with Gasteiger partial charge in [0, 0.05) is 26.2 Å². The summed E-state index contributed by atoms with van der Waals surface area (Å²) in [5.74, 6) is 0.668. The number of ether oxygens (including phenoxy) is 2. The summed E-state index contributed by atoms with van der Waals surface area (Å²) >= 11 is 0. The third-order valence-corrected chi connectivity index (χ3v) is 3.80. The molecule has 0 aromatic heterocycles. The summed E-state index contributed by atoms with van der Waals surface area (Å²) in [5.41, 5.74) is 0. The first-order valence-corrected chi connectivity index (χ1v) is 10.1. The number of hydrogen-bond donors (Lipinski definition) is 1. The molecule has 0 bridgehead atoms. The van der Waals surface area contributed by atoms with Gasteiger partial charge in [-0.3, -0.25) is 9.69 Å². The maximum absolute atomic E-state index is 11.2. The maximum Gasteiger partial charge on any atom is 0.212 e. The van der Waals surface area contributed by atoms with Gasteiger partial charge in [-0.05, 0) is 19.4 Å². The van der Waals surface area contributed by atoms with Crippen molar-refractivity contribution in [1.29, 1.82) is 0 Å². The van der Waals surface area contributed by atoms with E-state index in [0.717, 1.165) is 39.3 Å². The Bertz CT molecular complexity index is 329. The second kappa shape index (κ2) is 17.8. The second-order valence-electron chi connectivity index (χ2n) is 6.46. The van der Waals surface area contributed by atoms with Crippen molar-refractivity contribution in [2.75, 3.05) is 65.7 Å². The average Bonchev–Trinajstić information content (AvgIpc) is 2.63. The Kier molecular flexibility index (Phi) is 17.4. The van der Waals surface area contributed by atoms with Gasteiger partial charge in [0.15, 0.2) is 0 Å². The molecule has 0 saturated carbocycles. The van der Waals surface area contributed by atoms with E-state index < -0.39 is 0 Å². The molecule has 1 heterocycles. The van der Waals surface area contributed by atoms with Crippen LogP contribution in [0.5, 0.6) is 0 Å². The predicted octanol–water partition coefficient (Wildman–Crippen LogP) is 1.40. The quantitative estimate of drug-likeness (QED) is 0.394. The summed E-state index contributed by atoms with van der Waals surface area (Å²) in [4.78, 5) is 16.1. The van der Waals surface area contributed by atoms with Crippen molar-refractivity contribution in [3.05, 3.63) is 0 Å². The van der Waals surface area contributed by atoms with Crippen molar-refractivity contribution in [2.24, 2.45) is 0 Å². The summed E-state index contributed by atoms with van der Waals surface area (Å²) in [7, 11) is 4.17. The lowest BCUT2D eigenvalue weighted by atomic mass is 9.76. The number of nitrogens with one attached hydrogen (secondary N) is 1. The van der Waals surface area contributed by atoms with E-state index in [-0.39, 0.29) is 5.91 Å². The molecule has 150 valence electrons. The van der Waals surface area contributed by atoms with Crippen LogP contribution in [0.1, 0.15) is 27.7 Å². The zero-order valence-corrected chi connectivity index (χ0v) is 17.6. The third-order valence-electron chi connectivity index (χ3n) is 3.80. The molecule has 1 amide bonds. The second-order valence-corrected chi connectivity index (χ2v) is 6.46. The van der Waals surface area contributed by atoms with Gasteiger partial charge >= 0.3 is 0 Å². The maximum atomic E-state index is 11.2. The SMILES string of the molecule is CC.C[B]CC(=O)NCCOCCOCCN1CCN([B]C(C)C)CC1. The lowest BCUT2D eigenvalue weighted by Crippen LogP contribution is -2.48. The van der Waals surface area contributed by atoms with E-state index in [4.69, 9.17) is 9.47 Å². The number of piperazine rings is 1. The minimum atomic E-state index is 0.0449. The van der Waals surface area contributed by atoms with Gasteiger partial charge in [0.1, 0.15) is 7.28 Å². The molecule has 0 spiro atoms. The molecule has 1 aliphatic rings. The van der Waals surface area contributed by atoms with Crippen LogP contribution in [0.15, 0.2) is 0 Å². The molecular formula is C18H39B2N3O3. The highest BCUT2D eigenvalue weighted by Crippen LogP contribution is 2.06. The Balaban J connectivity index is 0.00000301. The smallest absolute Gasteiger partial charge is 0.212 e. The molecule has 8 heteroatoms. The van der Waals surface area contributed by atoms with E-state index in [2.05, 4.69) is 36.3 Å². The van der Waals surface area contributed by atoms with Crippen LogP contribution in [0, 0.1) is 0 Å². The molecular weight excluding hydrogens is 328 g/mol. The molecule has 0 aliphatic carbocycles. The molecule has 0 atom stereocenters. The number of nitrogens with zero attached hydrogens (tertiary/aromatic N) is 2. The fourth-order valence-electron chi connectivity index (χ4n) is 2.59.